The van der Waals surface area contributed by atoms with E-state index in [0.717, 1.165) is 22.5 Å². The first-order valence-corrected chi connectivity index (χ1v) is 8.72. The van der Waals surface area contributed by atoms with E-state index in [1.165, 1.54) is 5.56 Å². The summed E-state index contributed by atoms with van der Waals surface area (Å²) in [6, 6.07) is 15.4. The van der Waals surface area contributed by atoms with E-state index in [9.17, 15) is 4.79 Å². The molecular weight excluding hydrogens is 338 g/mol. The van der Waals surface area contributed by atoms with Crippen LogP contribution in [0, 0.1) is 20.8 Å². The molecule has 2 aromatic carbocycles. The summed E-state index contributed by atoms with van der Waals surface area (Å²) < 4.78 is 5.30. The van der Waals surface area contributed by atoms with Crippen LogP contribution in [0.3, 0.4) is 0 Å². The van der Waals surface area contributed by atoms with E-state index in [4.69, 9.17) is 4.74 Å². The van der Waals surface area contributed by atoms with Gasteiger partial charge in [0.05, 0.1) is 24.7 Å². The number of benzene rings is 2. The second kappa shape index (κ2) is 7.91. The Morgan fingerprint density at radius 2 is 1.67 bits per heavy atom. The number of anilines is 3. The zero-order valence-electron chi connectivity index (χ0n) is 16.0. The summed E-state index contributed by atoms with van der Waals surface area (Å²) in [6.07, 6.45) is 1.65. The Hall–Kier alpha value is -3.34. The predicted octanol–water partition coefficient (Wildman–Crippen LogP) is 5.01. The van der Waals surface area contributed by atoms with Crippen LogP contribution >= 0.6 is 0 Å². The normalized spacial score (nSPS) is 10.4. The number of nitrogens with one attached hydrogen (secondary N) is 2. The van der Waals surface area contributed by atoms with Gasteiger partial charge in [0, 0.05) is 5.69 Å². The van der Waals surface area contributed by atoms with Gasteiger partial charge >= 0.3 is 0 Å². The molecule has 3 rings (SSSR count). The van der Waals surface area contributed by atoms with Crippen LogP contribution in [0.2, 0.25) is 0 Å². The molecule has 3 aromatic rings. The van der Waals surface area contributed by atoms with E-state index >= 15 is 0 Å². The molecule has 138 valence electrons. The van der Waals surface area contributed by atoms with E-state index in [-0.39, 0.29) is 5.91 Å². The van der Waals surface area contributed by atoms with Crippen LogP contribution < -0.4 is 15.4 Å². The second-order valence-corrected chi connectivity index (χ2v) is 6.53. The molecule has 0 unspecified atom stereocenters. The highest BCUT2D eigenvalue weighted by atomic mass is 16.5. The summed E-state index contributed by atoms with van der Waals surface area (Å²) in [4.78, 5) is 16.8. The van der Waals surface area contributed by atoms with E-state index in [2.05, 4.69) is 41.6 Å². The maximum absolute atomic E-state index is 12.5. The zero-order chi connectivity index (χ0) is 19.4. The number of methoxy groups -OCH3 is 1. The topological polar surface area (TPSA) is 63.2 Å². The smallest absolute Gasteiger partial charge is 0.274 e. The third kappa shape index (κ3) is 4.44. The first-order valence-electron chi connectivity index (χ1n) is 8.72. The standard InChI is InChI=1S/C22H23N3O2/c1-14-5-8-18(16(3)11-14)24-17-7-9-19(23-13-17)22(26)25-20-12-15(2)6-10-21(20)27-4/h5-13,24H,1-4H3,(H,25,26). The molecule has 1 heterocycles. The average molecular weight is 361 g/mol. The second-order valence-electron chi connectivity index (χ2n) is 6.53. The molecule has 2 N–H and O–H groups in total. The zero-order valence-corrected chi connectivity index (χ0v) is 16.0. The van der Waals surface area contributed by atoms with Crippen molar-refractivity contribution in [2.45, 2.75) is 20.8 Å². The number of amides is 1. The van der Waals surface area contributed by atoms with Crippen molar-refractivity contribution in [1.29, 1.82) is 0 Å². The lowest BCUT2D eigenvalue weighted by Crippen LogP contribution is -2.14. The number of hydrogen-bond acceptors (Lipinski definition) is 4. The van der Waals surface area contributed by atoms with Crippen molar-refractivity contribution in [3.8, 4) is 5.75 Å². The quantitative estimate of drug-likeness (QED) is 0.670. The number of aryl methyl sites for hydroxylation is 3. The molecule has 1 aromatic heterocycles. The molecule has 0 saturated heterocycles. The van der Waals surface area contributed by atoms with E-state index in [1.54, 1.807) is 19.4 Å². The third-order valence-electron chi connectivity index (χ3n) is 4.26. The van der Waals surface area contributed by atoms with Gasteiger partial charge in [0.2, 0.25) is 0 Å². The minimum absolute atomic E-state index is 0.281. The minimum Gasteiger partial charge on any atom is -0.495 e. The van der Waals surface area contributed by atoms with Gasteiger partial charge in [-0.05, 0) is 62.2 Å². The van der Waals surface area contributed by atoms with Gasteiger partial charge in [-0.1, -0.05) is 23.8 Å². The molecule has 0 atom stereocenters. The highest BCUT2D eigenvalue weighted by Crippen LogP contribution is 2.26. The highest BCUT2D eigenvalue weighted by molar-refractivity contribution is 6.03. The van der Waals surface area contributed by atoms with E-state index in [1.807, 2.05) is 37.3 Å². The van der Waals surface area contributed by atoms with Gasteiger partial charge in [0.15, 0.2) is 0 Å². The third-order valence-corrected chi connectivity index (χ3v) is 4.26. The van der Waals surface area contributed by atoms with Crippen molar-refractivity contribution >= 4 is 23.0 Å². The number of carbonyl (C=O) groups is 1. The Labute approximate surface area is 159 Å². The molecule has 0 radical (unpaired) electrons. The van der Waals surface area contributed by atoms with E-state index in [0.29, 0.717) is 17.1 Å². The molecule has 0 aliphatic carbocycles. The van der Waals surface area contributed by atoms with Crippen LogP contribution in [0.5, 0.6) is 5.75 Å². The van der Waals surface area contributed by atoms with Crippen molar-refractivity contribution in [2.24, 2.45) is 0 Å². The molecular formula is C22H23N3O2. The van der Waals surface area contributed by atoms with Crippen LogP contribution in [-0.2, 0) is 0 Å². The van der Waals surface area contributed by atoms with Crippen LogP contribution in [0.15, 0.2) is 54.7 Å². The van der Waals surface area contributed by atoms with Crippen LogP contribution in [0.4, 0.5) is 17.1 Å². The van der Waals surface area contributed by atoms with Crippen molar-refractivity contribution in [1.82, 2.24) is 4.98 Å². The Morgan fingerprint density at radius 1 is 0.926 bits per heavy atom. The number of nitrogens with zero attached hydrogens (tertiary/aromatic N) is 1. The Morgan fingerprint density at radius 3 is 2.33 bits per heavy atom. The van der Waals surface area contributed by atoms with Crippen LogP contribution in [-0.4, -0.2) is 18.0 Å². The summed E-state index contributed by atoms with van der Waals surface area (Å²) >= 11 is 0. The maximum atomic E-state index is 12.5. The van der Waals surface area contributed by atoms with Gasteiger partial charge < -0.3 is 15.4 Å². The number of aromatic nitrogens is 1. The number of ether oxygens (including phenoxy) is 1. The largest absolute Gasteiger partial charge is 0.495 e. The van der Waals surface area contributed by atoms with Gasteiger partial charge in [-0.2, -0.15) is 0 Å². The monoisotopic (exact) mass is 361 g/mol. The SMILES string of the molecule is COc1ccc(C)cc1NC(=O)c1ccc(Nc2ccc(C)cc2C)cn1. The Kier molecular flexibility index (Phi) is 5.41. The molecule has 0 saturated carbocycles. The summed E-state index contributed by atoms with van der Waals surface area (Å²) in [5.74, 6) is 0.332. The lowest BCUT2D eigenvalue weighted by Gasteiger charge is -2.12. The lowest BCUT2D eigenvalue weighted by atomic mass is 10.1. The van der Waals surface area contributed by atoms with Gasteiger partial charge in [-0.3, -0.25) is 4.79 Å². The Bertz CT molecular complexity index is 966. The first kappa shape index (κ1) is 18.5. The molecule has 27 heavy (non-hydrogen) atoms. The summed E-state index contributed by atoms with van der Waals surface area (Å²) in [5, 5.41) is 6.18. The lowest BCUT2D eigenvalue weighted by molar-refractivity contribution is 0.102. The van der Waals surface area contributed by atoms with Crippen molar-refractivity contribution in [2.75, 3.05) is 17.7 Å². The van der Waals surface area contributed by atoms with Gasteiger partial charge in [0.1, 0.15) is 11.4 Å². The average Bonchev–Trinajstić information content (AvgIpc) is 2.65. The molecule has 0 spiro atoms. The molecule has 0 bridgehead atoms. The van der Waals surface area contributed by atoms with Gasteiger partial charge in [0.25, 0.3) is 5.91 Å². The highest BCUT2D eigenvalue weighted by Gasteiger charge is 2.11. The number of hydrogen-bond donors (Lipinski definition) is 2. The molecule has 5 heteroatoms. The van der Waals surface area contributed by atoms with Crippen LogP contribution in [0.1, 0.15) is 27.2 Å². The fraction of sp³-hybridized carbons (Fsp3) is 0.182. The maximum Gasteiger partial charge on any atom is 0.274 e. The molecule has 0 aliphatic rings. The summed E-state index contributed by atoms with van der Waals surface area (Å²) in [5.41, 5.74) is 6.22. The summed E-state index contributed by atoms with van der Waals surface area (Å²) in [7, 11) is 1.58. The first-order chi connectivity index (χ1) is 13.0. The van der Waals surface area contributed by atoms with Crippen molar-refractivity contribution < 1.29 is 9.53 Å². The number of rotatable bonds is 5. The fourth-order valence-electron chi connectivity index (χ4n) is 2.82. The predicted molar refractivity (Wildman–Crippen MR) is 109 cm³/mol. The number of carbonyl (C=O) groups excluding carboxylic acids is 1. The molecule has 1 amide bonds. The van der Waals surface area contributed by atoms with Gasteiger partial charge in [-0.15, -0.1) is 0 Å². The number of pyridine rings is 1. The Balaban J connectivity index is 1.73. The molecule has 0 fully saturated rings. The van der Waals surface area contributed by atoms with Crippen molar-refractivity contribution in [3.05, 3.63) is 77.1 Å². The van der Waals surface area contributed by atoms with Gasteiger partial charge in [-0.25, -0.2) is 4.98 Å². The fourth-order valence-corrected chi connectivity index (χ4v) is 2.82. The van der Waals surface area contributed by atoms with Crippen LogP contribution in [0.25, 0.3) is 0 Å². The molecule has 0 aliphatic heterocycles. The minimum atomic E-state index is -0.281. The van der Waals surface area contributed by atoms with E-state index < -0.39 is 0 Å². The summed E-state index contributed by atoms with van der Waals surface area (Å²) in [6.45, 7) is 6.08. The van der Waals surface area contributed by atoms with Crippen molar-refractivity contribution in [3.63, 3.8) is 0 Å². The molecule has 5 nitrogen and oxygen atoms in total.